The predicted molar refractivity (Wildman–Crippen MR) is 80.1 cm³/mol. The van der Waals surface area contributed by atoms with E-state index in [0.29, 0.717) is 19.4 Å². The average molecular weight is 282 g/mol. The SMILES string of the molecule is O=C(CCc1cccnc1)NC1COc2ccccc2C1. The summed E-state index contributed by atoms with van der Waals surface area (Å²) in [6.07, 6.45) is 5.55. The largest absolute Gasteiger partial charge is 0.491 e. The normalized spacial score (nSPS) is 16.7. The molecule has 1 aromatic carbocycles. The molecule has 1 aromatic heterocycles. The predicted octanol–water partition coefficient (Wildman–Crippen LogP) is 2.13. The fraction of sp³-hybridized carbons (Fsp3) is 0.294. The molecule has 0 saturated heterocycles. The van der Waals surface area contributed by atoms with Crippen molar-refractivity contribution in [3.63, 3.8) is 0 Å². The van der Waals surface area contributed by atoms with Crippen LogP contribution >= 0.6 is 0 Å². The molecule has 3 rings (SSSR count). The van der Waals surface area contributed by atoms with Gasteiger partial charge in [-0.3, -0.25) is 9.78 Å². The number of nitrogens with one attached hydrogen (secondary N) is 1. The van der Waals surface area contributed by atoms with E-state index >= 15 is 0 Å². The number of amides is 1. The summed E-state index contributed by atoms with van der Waals surface area (Å²) in [5.74, 6) is 0.991. The van der Waals surface area contributed by atoms with Crippen LogP contribution in [0.5, 0.6) is 5.75 Å². The van der Waals surface area contributed by atoms with Gasteiger partial charge < -0.3 is 10.1 Å². The highest BCUT2D eigenvalue weighted by Gasteiger charge is 2.20. The maximum Gasteiger partial charge on any atom is 0.220 e. The summed E-state index contributed by atoms with van der Waals surface area (Å²) < 4.78 is 5.68. The van der Waals surface area contributed by atoms with E-state index in [4.69, 9.17) is 4.74 Å². The van der Waals surface area contributed by atoms with E-state index in [0.717, 1.165) is 23.3 Å². The molecular formula is C17H18N2O2. The van der Waals surface area contributed by atoms with E-state index in [1.54, 1.807) is 12.4 Å². The second-order valence-corrected chi connectivity index (χ2v) is 5.25. The molecule has 1 atom stereocenters. The first-order chi connectivity index (χ1) is 10.3. The summed E-state index contributed by atoms with van der Waals surface area (Å²) in [7, 11) is 0. The number of carbonyl (C=O) groups is 1. The lowest BCUT2D eigenvalue weighted by molar-refractivity contribution is -0.122. The molecule has 4 heteroatoms. The van der Waals surface area contributed by atoms with Gasteiger partial charge in [-0.25, -0.2) is 0 Å². The highest BCUT2D eigenvalue weighted by Crippen LogP contribution is 2.23. The molecule has 1 aliphatic rings. The number of carbonyl (C=O) groups excluding carboxylic acids is 1. The summed E-state index contributed by atoms with van der Waals surface area (Å²) >= 11 is 0. The first kappa shape index (κ1) is 13.6. The zero-order valence-corrected chi connectivity index (χ0v) is 11.8. The van der Waals surface area contributed by atoms with Crippen molar-refractivity contribution in [3.8, 4) is 5.75 Å². The molecule has 2 heterocycles. The van der Waals surface area contributed by atoms with E-state index in [1.165, 1.54) is 0 Å². The fourth-order valence-electron chi connectivity index (χ4n) is 2.52. The molecule has 0 aliphatic carbocycles. The van der Waals surface area contributed by atoms with Crippen LogP contribution in [0.4, 0.5) is 0 Å². The molecule has 1 N–H and O–H groups in total. The number of aryl methyl sites for hydroxylation is 1. The Bertz CT molecular complexity index is 613. The second kappa shape index (κ2) is 6.39. The van der Waals surface area contributed by atoms with Gasteiger partial charge in [0.05, 0.1) is 6.04 Å². The highest BCUT2D eigenvalue weighted by molar-refractivity contribution is 5.76. The molecule has 0 bridgehead atoms. The number of fused-ring (bicyclic) bond motifs is 1. The summed E-state index contributed by atoms with van der Waals surface area (Å²) in [6.45, 7) is 0.537. The lowest BCUT2D eigenvalue weighted by atomic mass is 10.0. The van der Waals surface area contributed by atoms with Crippen molar-refractivity contribution in [2.45, 2.75) is 25.3 Å². The number of nitrogens with zero attached hydrogens (tertiary/aromatic N) is 1. The van der Waals surface area contributed by atoms with Crippen molar-refractivity contribution in [3.05, 3.63) is 59.9 Å². The van der Waals surface area contributed by atoms with Crippen LogP contribution in [0.1, 0.15) is 17.5 Å². The van der Waals surface area contributed by atoms with Crippen LogP contribution in [-0.4, -0.2) is 23.5 Å². The van der Waals surface area contributed by atoms with Gasteiger partial charge in [0.15, 0.2) is 0 Å². The van der Waals surface area contributed by atoms with Crippen LogP contribution in [-0.2, 0) is 17.6 Å². The van der Waals surface area contributed by atoms with Crippen LogP contribution in [0.25, 0.3) is 0 Å². The highest BCUT2D eigenvalue weighted by atomic mass is 16.5. The quantitative estimate of drug-likeness (QED) is 0.934. The topological polar surface area (TPSA) is 51.2 Å². The first-order valence-electron chi connectivity index (χ1n) is 7.20. The zero-order chi connectivity index (χ0) is 14.5. The molecule has 21 heavy (non-hydrogen) atoms. The van der Waals surface area contributed by atoms with Crippen LogP contribution in [0.15, 0.2) is 48.8 Å². The van der Waals surface area contributed by atoms with Crippen LogP contribution in [0.3, 0.4) is 0 Å². The molecule has 2 aromatic rings. The van der Waals surface area contributed by atoms with Crippen molar-refractivity contribution < 1.29 is 9.53 Å². The zero-order valence-electron chi connectivity index (χ0n) is 11.8. The molecule has 0 spiro atoms. The van der Waals surface area contributed by atoms with Crippen LogP contribution in [0.2, 0.25) is 0 Å². The number of ether oxygens (including phenoxy) is 1. The van der Waals surface area contributed by atoms with Crippen LogP contribution < -0.4 is 10.1 Å². The molecule has 0 saturated carbocycles. The number of aromatic nitrogens is 1. The third-order valence-corrected chi connectivity index (χ3v) is 3.61. The standard InChI is InChI=1S/C17H18N2O2/c20-17(8-7-13-4-3-9-18-11-13)19-15-10-14-5-1-2-6-16(14)21-12-15/h1-6,9,11,15H,7-8,10,12H2,(H,19,20). The number of benzene rings is 1. The van der Waals surface area contributed by atoms with E-state index in [-0.39, 0.29) is 11.9 Å². The average Bonchev–Trinajstić information content (AvgIpc) is 2.54. The minimum Gasteiger partial charge on any atom is -0.491 e. The van der Waals surface area contributed by atoms with Gasteiger partial charge in [0, 0.05) is 18.8 Å². The number of hydrogen-bond acceptors (Lipinski definition) is 3. The fourth-order valence-corrected chi connectivity index (χ4v) is 2.52. The Morgan fingerprint density at radius 2 is 2.19 bits per heavy atom. The Kier molecular flexibility index (Phi) is 4.15. The lowest BCUT2D eigenvalue weighted by Crippen LogP contribution is -2.42. The number of hydrogen-bond donors (Lipinski definition) is 1. The van der Waals surface area contributed by atoms with Crippen LogP contribution in [0, 0.1) is 0 Å². The van der Waals surface area contributed by atoms with E-state index in [9.17, 15) is 4.79 Å². The molecular weight excluding hydrogens is 264 g/mol. The van der Waals surface area contributed by atoms with Crippen molar-refractivity contribution in [2.24, 2.45) is 0 Å². The smallest absolute Gasteiger partial charge is 0.220 e. The van der Waals surface area contributed by atoms with Gasteiger partial charge in [-0.05, 0) is 36.1 Å². The van der Waals surface area contributed by atoms with E-state index in [2.05, 4.69) is 10.3 Å². The molecule has 1 unspecified atom stereocenters. The summed E-state index contributed by atoms with van der Waals surface area (Å²) in [5.41, 5.74) is 2.24. The molecule has 1 amide bonds. The minimum atomic E-state index is 0.0568. The number of para-hydroxylation sites is 1. The van der Waals surface area contributed by atoms with Crippen molar-refractivity contribution >= 4 is 5.91 Å². The lowest BCUT2D eigenvalue weighted by Gasteiger charge is -2.26. The molecule has 0 radical (unpaired) electrons. The van der Waals surface area contributed by atoms with Gasteiger partial charge >= 0.3 is 0 Å². The maximum atomic E-state index is 12.0. The van der Waals surface area contributed by atoms with Gasteiger partial charge in [-0.2, -0.15) is 0 Å². The van der Waals surface area contributed by atoms with E-state index in [1.807, 2.05) is 36.4 Å². The molecule has 1 aliphatic heterocycles. The van der Waals surface area contributed by atoms with Gasteiger partial charge in [-0.15, -0.1) is 0 Å². The third-order valence-electron chi connectivity index (χ3n) is 3.61. The van der Waals surface area contributed by atoms with Crippen molar-refractivity contribution in [1.82, 2.24) is 10.3 Å². The van der Waals surface area contributed by atoms with E-state index < -0.39 is 0 Å². The molecule has 4 nitrogen and oxygen atoms in total. The summed E-state index contributed by atoms with van der Waals surface area (Å²) in [5, 5.41) is 3.05. The van der Waals surface area contributed by atoms with Gasteiger partial charge in [0.1, 0.15) is 12.4 Å². The molecule has 0 fully saturated rings. The number of pyridine rings is 1. The Morgan fingerprint density at radius 1 is 1.29 bits per heavy atom. The molecule has 108 valence electrons. The maximum absolute atomic E-state index is 12.0. The van der Waals surface area contributed by atoms with Crippen molar-refractivity contribution in [2.75, 3.05) is 6.61 Å². The minimum absolute atomic E-state index is 0.0568. The van der Waals surface area contributed by atoms with Gasteiger partial charge in [0.25, 0.3) is 0 Å². The second-order valence-electron chi connectivity index (χ2n) is 5.25. The van der Waals surface area contributed by atoms with Gasteiger partial charge in [0.2, 0.25) is 5.91 Å². The Hall–Kier alpha value is -2.36. The van der Waals surface area contributed by atoms with Crippen molar-refractivity contribution in [1.29, 1.82) is 0 Å². The first-order valence-corrected chi connectivity index (χ1v) is 7.20. The Morgan fingerprint density at radius 3 is 3.05 bits per heavy atom. The van der Waals surface area contributed by atoms with Gasteiger partial charge in [-0.1, -0.05) is 24.3 Å². The Balaban J connectivity index is 1.50. The number of rotatable bonds is 4. The third kappa shape index (κ3) is 3.60. The summed E-state index contributed by atoms with van der Waals surface area (Å²) in [4.78, 5) is 16.1. The Labute approximate surface area is 124 Å². The monoisotopic (exact) mass is 282 g/mol. The summed E-state index contributed by atoms with van der Waals surface area (Å²) in [6, 6.07) is 11.9.